The van der Waals surface area contributed by atoms with E-state index >= 15 is 0 Å². The number of benzene rings is 3. The van der Waals surface area contributed by atoms with Gasteiger partial charge < -0.3 is 20.1 Å². The van der Waals surface area contributed by atoms with Crippen LogP contribution in [0.3, 0.4) is 0 Å². The van der Waals surface area contributed by atoms with Gasteiger partial charge >= 0.3 is 0 Å². The summed E-state index contributed by atoms with van der Waals surface area (Å²) in [5.74, 6) is -1.84. The molecule has 0 aromatic heterocycles. The molecule has 0 saturated carbocycles. The van der Waals surface area contributed by atoms with E-state index in [0.29, 0.717) is 16.9 Å². The number of ketones is 1. The molecule has 4 rings (SSSR count). The molecule has 0 bridgehead atoms. The Morgan fingerprint density at radius 3 is 2.32 bits per heavy atom. The third-order valence-corrected chi connectivity index (χ3v) is 5.14. The smallest absolute Gasteiger partial charge is 0.300 e. The van der Waals surface area contributed by atoms with Gasteiger partial charge in [-0.1, -0.05) is 36.4 Å². The van der Waals surface area contributed by atoms with E-state index in [0.717, 1.165) is 4.90 Å². The number of aliphatic hydroxyl groups is 1. The van der Waals surface area contributed by atoms with Crippen molar-refractivity contribution < 1.29 is 29.6 Å². The second-order valence-corrected chi connectivity index (χ2v) is 6.98. The van der Waals surface area contributed by atoms with Gasteiger partial charge in [0.25, 0.3) is 11.7 Å². The predicted octanol–water partition coefficient (Wildman–Crippen LogP) is 3.73. The lowest BCUT2D eigenvalue weighted by molar-refractivity contribution is -0.132. The van der Waals surface area contributed by atoms with Crippen LogP contribution in [0.15, 0.2) is 78.4 Å². The fraction of sp³-hybridized carbons (Fsp3) is 0.0833. The lowest BCUT2D eigenvalue weighted by Gasteiger charge is -2.26. The first-order valence-electron chi connectivity index (χ1n) is 9.44. The number of anilines is 1. The summed E-state index contributed by atoms with van der Waals surface area (Å²) in [6.45, 7) is 0. The molecule has 3 aromatic rings. The van der Waals surface area contributed by atoms with Gasteiger partial charge in [0.05, 0.1) is 24.4 Å². The topological polar surface area (TPSA) is 107 Å². The second-order valence-electron chi connectivity index (χ2n) is 6.98. The van der Waals surface area contributed by atoms with Crippen LogP contribution in [0.1, 0.15) is 17.2 Å². The van der Waals surface area contributed by atoms with Crippen LogP contribution in [-0.4, -0.2) is 34.1 Å². The number of carbonyl (C=O) groups is 2. The van der Waals surface area contributed by atoms with Gasteiger partial charge in [0.1, 0.15) is 23.0 Å². The number of phenolic OH excluding ortho intramolecular Hbond substituents is 2. The number of aliphatic hydroxyl groups excluding tert-OH is 1. The first-order valence-corrected chi connectivity index (χ1v) is 9.44. The summed E-state index contributed by atoms with van der Waals surface area (Å²) in [4.78, 5) is 27.2. The average Bonchev–Trinajstić information content (AvgIpc) is 3.05. The first kappa shape index (κ1) is 20.0. The summed E-state index contributed by atoms with van der Waals surface area (Å²) >= 11 is 0. The van der Waals surface area contributed by atoms with Crippen LogP contribution < -0.4 is 9.64 Å². The molecule has 0 radical (unpaired) electrons. The molecule has 1 fully saturated rings. The van der Waals surface area contributed by atoms with E-state index in [-0.39, 0.29) is 28.5 Å². The molecule has 0 spiro atoms. The Morgan fingerprint density at radius 2 is 1.65 bits per heavy atom. The number of phenols is 2. The van der Waals surface area contributed by atoms with Gasteiger partial charge in [0.15, 0.2) is 0 Å². The van der Waals surface area contributed by atoms with Crippen molar-refractivity contribution in [2.45, 2.75) is 6.04 Å². The maximum atomic E-state index is 13.0. The zero-order chi connectivity index (χ0) is 22.1. The second kappa shape index (κ2) is 7.87. The van der Waals surface area contributed by atoms with Crippen molar-refractivity contribution in [3.05, 3.63) is 89.5 Å². The number of hydrogen-bond acceptors (Lipinski definition) is 6. The minimum Gasteiger partial charge on any atom is -0.508 e. The lowest BCUT2D eigenvalue weighted by Crippen LogP contribution is -2.29. The molecule has 1 unspecified atom stereocenters. The minimum atomic E-state index is -1.01. The van der Waals surface area contributed by atoms with Crippen molar-refractivity contribution in [1.29, 1.82) is 0 Å². The molecule has 31 heavy (non-hydrogen) atoms. The van der Waals surface area contributed by atoms with E-state index in [9.17, 15) is 24.9 Å². The highest BCUT2D eigenvalue weighted by Gasteiger charge is 2.47. The average molecular weight is 417 g/mol. The molecule has 156 valence electrons. The highest BCUT2D eigenvalue weighted by atomic mass is 16.5. The normalized spacial score (nSPS) is 17.7. The number of aromatic hydroxyl groups is 2. The maximum absolute atomic E-state index is 13.0. The Balaban J connectivity index is 1.96. The van der Waals surface area contributed by atoms with E-state index in [4.69, 9.17) is 4.74 Å². The molecule has 7 nitrogen and oxygen atoms in total. The Kier molecular flexibility index (Phi) is 5.09. The minimum absolute atomic E-state index is 0.0102. The van der Waals surface area contributed by atoms with Crippen LogP contribution in [0.5, 0.6) is 17.2 Å². The van der Waals surface area contributed by atoms with Gasteiger partial charge in [0.2, 0.25) is 0 Å². The Labute approximate surface area is 178 Å². The van der Waals surface area contributed by atoms with Crippen molar-refractivity contribution in [3.8, 4) is 17.2 Å². The first-order chi connectivity index (χ1) is 14.9. The molecule has 1 saturated heterocycles. The number of nitrogens with zero attached hydrogens (tertiary/aromatic N) is 1. The molecule has 1 atom stereocenters. The summed E-state index contributed by atoms with van der Waals surface area (Å²) < 4.78 is 5.19. The van der Waals surface area contributed by atoms with Crippen LogP contribution in [0.4, 0.5) is 5.69 Å². The summed E-state index contributed by atoms with van der Waals surface area (Å²) in [7, 11) is 1.48. The third-order valence-electron chi connectivity index (χ3n) is 5.14. The Morgan fingerprint density at radius 1 is 0.935 bits per heavy atom. The predicted molar refractivity (Wildman–Crippen MR) is 114 cm³/mol. The summed E-state index contributed by atoms with van der Waals surface area (Å²) in [5, 5.41) is 31.1. The molecular formula is C24H19NO6. The van der Waals surface area contributed by atoms with Gasteiger partial charge in [0, 0.05) is 5.56 Å². The van der Waals surface area contributed by atoms with E-state index < -0.39 is 17.7 Å². The van der Waals surface area contributed by atoms with E-state index in [1.165, 1.54) is 31.4 Å². The molecule has 0 aliphatic carbocycles. The number of hydrogen-bond donors (Lipinski definition) is 3. The lowest BCUT2D eigenvalue weighted by atomic mass is 9.95. The highest BCUT2D eigenvalue weighted by molar-refractivity contribution is 6.51. The van der Waals surface area contributed by atoms with Crippen molar-refractivity contribution in [2.24, 2.45) is 0 Å². The van der Waals surface area contributed by atoms with E-state index in [2.05, 4.69) is 0 Å². The number of amides is 1. The van der Waals surface area contributed by atoms with Crippen LogP contribution in [0, 0.1) is 0 Å². The van der Waals surface area contributed by atoms with Gasteiger partial charge in [-0.15, -0.1) is 0 Å². The fourth-order valence-electron chi connectivity index (χ4n) is 3.65. The SMILES string of the molecule is COc1cccc(/C(O)=C2\C(=O)C(=O)N(c3ccccc3O)C2c2ccc(O)cc2)c1. The van der Waals surface area contributed by atoms with Gasteiger partial charge in [-0.05, 0) is 42.0 Å². The van der Waals surface area contributed by atoms with Crippen molar-refractivity contribution in [1.82, 2.24) is 0 Å². The molecule has 1 amide bonds. The number of ether oxygens (including phenoxy) is 1. The van der Waals surface area contributed by atoms with Gasteiger partial charge in [-0.25, -0.2) is 0 Å². The molecule has 3 aromatic carbocycles. The molecule has 3 N–H and O–H groups in total. The van der Waals surface area contributed by atoms with E-state index in [1.807, 2.05) is 0 Å². The maximum Gasteiger partial charge on any atom is 0.300 e. The van der Waals surface area contributed by atoms with Crippen molar-refractivity contribution in [3.63, 3.8) is 0 Å². The summed E-state index contributed by atoms with van der Waals surface area (Å²) in [6, 6.07) is 17.6. The number of Topliss-reactive ketones (excluding diaryl/α,β-unsaturated/α-hetero) is 1. The standard InChI is InChI=1S/C24H19NO6/c1-31-17-6-4-5-15(13-17)22(28)20-21(14-9-11-16(26)12-10-14)25(24(30)23(20)29)18-7-2-3-8-19(18)27/h2-13,21,26-28H,1H3/b22-20+. The van der Waals surface area contributed by atoms with E-state index in [1.54, 1.807) is 48.5 Å². The number of para-hydroxylation sites is 2. The molecular weight excluding hydrogens is 398 g/mol. The third kappa shape index (κ3) is 3.46. The summed E-state index contributed by atoms with van der Waals surface area (Å²) in [5.41, 5.74) is 0.780. The molecule has 7 heteroatoms. The van der Waals surface area contributed by atoms with Crippen LogP contribution in [-0.2, 0) is 9.59 Å². The number of methoxy groups -OCH3 is 1. The van der Waals surface area contributed by atoms with Crippen LogP contribution in [0.25, 0.3) is 5.76 Å². The number of rotatable bonds is 4. The molecule has 1 heterocycles. The summed E-state index contributed by atoms with van der Waals surface area (Å²) in [6.07, 6.45) is 0. The fourth-order valence-corrected chi connectivity index (χ4v) is 3.65. The number of carbonyl (C=O) groups excluding carboxylic acids is 2. The Hall–Kier alpha value is -4.26. The van der Waals surface area contributed by atoms with Gasteiger partial charge in [-0.3, -0.25) is 14.5 Å². The van der Waals surface area contributed by atoms with Crippen molar-refractivity contribution in [2.75, 3.05) is 12.0 Å². The Bertz CT molecular complexity index is 1200. The monoisotopic (exact) mass is 417 g/mol. The van der Waals surface area contributed by atoms with Crippen LogP contribution >= 0.6 is 0 Å². The zero-order valence-electron chi connectivity index (χ0n) is 16.5. The quantitative estimate of drug-likeness (QED) is 0.339. The van der Waals surface area contributed by atoms with Crippen molar-refractivity contribution >= 4 is 23.1 Å². The zero-order valence-corrected chi connectivity index (χ0v) is 16.5. The van der Waals surface area contributed by atoms with Gasteiger partial charge in [-0.2, -0.15) is 0 Å². The molecule has 1 aliphatic rings. The molecule has 1 aliphatic heterocycles. The largest absolute Gasteiger partial charge is 0.508 e. The highest BCUT2D eigenvalue weighted by Crippen LogP contribution is 2.44. The van der Waals surface area contributed by atoms with Crippen LogP contribution in [0.2, 0.25) is 0 Å².